The van der Waals surface area contributed by atoms with E-state index in [4.69, 9.17) is 0 Å². The van der Waals surface area contributed by atoms with Gasteiger partial charge in [-0.2, -0.15) is 5.10 Å². The summed E-state index contributed by atoms with van der Waals surface area (Å²) in [6, 6.07) is 13.6. The lowest BCUT2D eigenvalue weighted by molar-refractivity contribution is 1.08. The first-order chi connectivity index (χ1) is 10.4. The molecule has 0 aliphatic heterocycles. The smallest absolute Gasteiger partial charge is 0.158 e. The maximum Gasteiger partial charge on any atom is 0.158 e. The lowest BCUT2D eigenvalue weighted by Gasteiger charge is -2.03. The van der Waals surface area contributed by atoms with Crippen LogP contribution in [-0.4, -0.2) is 25.1 Å². The molecule has 0 spiro atoms. The number of benzene rings is 1. The number of rotatable bonds is 3. The Morgan fingerprint density at radius 2 is 1.90 bits per heavy atom. The van der Waals surface area contributed by atoms with Crippen LogP contribution in [0.3, 0.4) is 0 Å². The number of aromatic nitrogens is 5. The molecule has 0 fully saturated rings. The number of aromatic amines is 2. The highest BCUT2D eigenvalue weighted by Crippen LogP contribution is 2.26. The van der Waals surface area contributed by atoms with E-state index in [0.29, 0.717) is 0 Å². The Morgan fingerprint density at radius 3 is 2.76 bits per heavy atom. The van der Waals surface area contributed by atoms with Crippen LogP contribution in [0.2, 0.25) is 0 Å². The van der Waals surface area contributed by atoms with Gasteiger partial charge in [-0.05, 0) is 24.3 Å². The number of fused-ring (bicyclic) bond motifs is 1. The van der Waals surface area contributed by atoms with Crippen molar-refractivity contribution < 1.29 is 0 Å². The lowest BCUT2D eigenvalue weighted by Crippen LogP contribution is -1.94. The van der Waals surface area contributed by atoms with Crippen LogP contribution in [0.5, 0.6) is 0 Å². The van der Waals surface area contributed by atoms with Crippen molar-refractivity contribution in [2.24, 2.45) is 0 Å². The van der Waals surface area contributed by atoms with Gasteiger partial charge in [0.05, 0.1) is 22.9 Å². The van der Waals surface area contributed by atoms with Crippen molar-refractivity contribution in [2.45, 2.75) is 0 Å². The SMILES string of the molecule is c1ccc(Nc2cn[nH]c2-c2nc3ccccc3[nH]2)nc1. The molecule has 6 nitrogen and oxygen atoms in total. The van der Waals surface area contributed by atoms with E-state index in [-0.39, 0.29) is 0 Å². The van der Waals surface area contributed by atoms with Gasteiger partial charge in [0, 0.05) is 6.20 Å². The van der Waals surface area contributed by atoms with E-state index in [1.807, 2.05) is 42.5 Å². The molecule has 0 aliphatic rings. The summed E-state index contributed by atoms with van der Waals surface area (Å²) in [5, 5.41) is 10.3. The zero-order chi connectivity index (χ0) is 14.1. The molecule has 1 aromatic carbocycles. The van der Waals surface area contributed by atoms with Crippen molar-refractivity contribution in [2.75, 3.05) is 5.32 Å². The van der Waals surface area contributed by atoms with Gasteiger partial charge in [-0.15, -0.1) is 0 Å². The molecule has 0 amide bonds. The van der Waals surface area contributed by atoms with Crippen LogP contribution in [0.25, 0.3) is 22.6 Å². The normalized spacial score (nSPS) is 10.9. The predicted octanol–water partition coefficient (Wildman–Crippen LogP) is 3.09. The number of anilines is 2. The predicted molar refractivity (Wildman–Crippen MR) is 81.2 cm³/mol. The highest BCUT2D eigenvalue weighted by Gasteiger charge is 2.12. The van der Waals surface area contributed by atoms with Crippen molar-refractivity contribution in [3.8, 4) is 11.5 Å². The van der Waals surface area contributed by atoms with E-state index in [1.54, 1.807) is 12.4 Å². The monoisotopic (exact) mass is 276 g/mol. The second-order valence-corrected chi connectivity index (χ2v) is 4.60. The van der Waals surface area contributed by atoms with Crippen LogP contribution in [0.1, 0.15) is 0 Å². The number of nitrogens with zero attached hydrogens (tertiary/aromatic N) is 3. The third-order valence-electron chi connectivity index (χ3n) is 3.19. The number of nitrogens with one attached hydrogen (secondary N) is 3. The van der Waals surface area contributed by atoms with Crippen LogP contribution >= 0.6 is 0 Å². The van der Waals surface area contributed by atoms with E-state index >= 15 is 0 Å². The second kappa shape index (κ2) is 4.75. The minimum Gasteiger partial charge on any atom is -0.337 e. The molecule has 0 saturated carbocycles. The van der Waals surface area contributed by atoms with E-state index in [1.165, 1.54) is 0 Å². The topological polar surface area (TPSA) is 82.3 Å². The molecule has 3 N–H and O–H groups in total. The number of imidazole rings is 1. The second-order valence-electron chi connectivity index (χ2n) is 4.60. The third kappa shape index (κ3) is 2.12. The summed E-state index contributed by atoms with van der Waals surface area (Å²) in [6.07, 6.45) is 3.46. The number of hydrogen-bond donors (Lipinski definition) is 3. The van der Waals surface area contributed by atoms with Crippen LogP contribution in [-0.2, 0) is 0 Å². The fourth-order valence-electron chi connectivity index (χ4n) is 2.21. The summed E-state index contributed by atoms with van der Waals surface area (Å²) < 4.78 is 0. The van der Waals surface area contributed by atoms with Gasteiger partial charge in [0.25, 0.3) is 0 Å². The Labute approximate surface area is 120 Å². The minimum atomic E-state index is 0.743. The first kappa shape index (κ1) is 11.7. The molecule has 0 unspecified atom stereocenters. The molecule has 21 heavy (non-hydrogen) atoms. The number of H-pyrrole nitrogens is 2. The van der Waals surface area contributed by atoms with Gasteiger partial charge in [-0.3, -0.25) is 5.10 Å². The fraction of sp³-hybridized carbons (Fsp3) is 0. The maximum absolute atomic E-state index is 4.57. The van der Waals surface area contributed by atoms with E-state index in [2.05, 4.69) is 30.5 Å². The molecule has 0 atom stereocenters. The Balaban J connectivity index is 1.74. The molecule has 0 radical (unpaired) electrons. The molecule has 0 aliphatic carbocycles. The van der Waals surface area contributed by atoms with Crippen molar-refractivity contribution in [1.82, 2.24) is 25.1 Å². The van der Waals surface area contributed by atoms with Crippen LogP contribution < -0.4 is 5.32 Å². The molecular formula is C15H12N6. The Kier molecular flexibility index (Phi) is 2.64. The molecular weight excluding hydrogens is 264 g/mol. The Morgan fingerprint density at radius 1 is 1.00 bits per heavy atom. The van der Waals surface area contributed by atoms with E-state index in [9.17, 15) is 0 Å². The molecule has 3 aromatic heterocycles. The van der Waals surface area contributed by atoms with Crippen LogP contribution in [0.4, 0.5) is 11.5 Å². The quantitative estimate of drug-likeness (QED) is 0.537. The molecule has 3 heterocycles. The highest BCUT2D eigenvalue weighted by molar-refractivity contribution is 5.82. The van der Waals surface area contributed by atoms with Gasteiger partial charge in [0.2, 0.25) is 0 Å². The molecule has 6 heteroatoms. The average Bonchev–Trinajstić information content (AvgIpc) is 3.14. The number of hydrogen-bond acceptors (Lipinski definition) is 4. The van der Waals surface area contributed by atoms with Gasteiger partial charge in [-0.1, -0.05) is 18.2 Å². The lowest BCUT2D eigenvalue weighted by atomic mass is 10.3. The Bertz CT molecular complexity index is 844. The van der Waals surface area contributed by atoms with Crippen molar-refractivity contribution in [3.05, 3.63) is 54.9 Å². The van der Waals surface area contributed by atoms with Crippen molar-refractivity contribution >= 4 is 22.5 Å². The standard InChI is InChI=1S/C15H12N6/c1-2-6-11-10(5-1)19-15(20-11)14-12(9-17-21-14)18-13-7-3-4-8-16-13/h1-9H,(H,16,18)(H,17,21)(H,19,20). The van der Waals surface area contributed by atoms with Crippen molar-refractivity contribution in [1.29, 1.82) is 0 Å². The number of pyridine rings is 1. The highest BCUT2D eigenvalue weighted by atomic mass is 15.2. The average molecular weight is 276 g/mol. The van der Waals surface area contributed by atoms with Gasteiger partial charge in [-0.25, -0.2) is 9.97 Å². The van der Waals surface area contributed by atoms with Crippen molar-refractivity contribution in [3.63, 3.8) is 0 Å². The molecule has 4 aromatic rings. The fourth-order valence-corrected chi connectivity index (χ4v) is 2.21. The zero-order valence-corrected chi connectivity index (χ0v) is 11.0. The van der Waals surface area contributed by atoms with Gasteiger partial charge in [0.15, 0.2) is 5.82 Å². The molecule has 4 rings (SSSR count). The zero-order valence-electron chi connectivity index (χ0n) is 11.0. The van der Waals surface area contributed by atoms with Gasteiger partial charge < -0.3 is 10.3 Å². The van der Waals surface area contributed by atoms with Gasteiger partial charge in [0.1, 0.15) is 11.5 Å². The van der Waals surface area contributed by atoms with Gasteiger partial charge >= 0.3 is 0 Å². The molecule has 102 valence electrons. The van der Waals surface area contributed by atoms with E-state index < -0.39 is 0 Å². The summed E-state index contributed by atoms with van der Waals surface area (Å²) in [7, 11) is 0. The van der Waals surface area contributed by atoms with Crippen LogP contribution in [0.15, 0.2) is 54.9 Å². The first-order valence-corrected chi connectivity index (χ1v) is 6.57. The van der Waals surface area contributed by atoms with Crippen LogP contribution in [0, 0.1) is 0 Å². The van der Waals surface area contributed by atoms with E-state index in [0.717, 1.165) is 34.1 Å². The largest absolute Gasteiger partial charge is 0.337 e. The number of para-hydroxylation sites is 2. The first-order valence-electron chi connectivity index (χ1n) is 6.57. The molecule has 0 bridgehead atoms. The summed E-state index contributed by atoms with van der Waals surface area (Å²) in [4.78, 5) is 12.1. The molecule has 0 saturated heterocycles. The Hall–Kier alpha value is -3.15. The summed E-state index contributed by atoms with van der Waals surface area (Å²) in [6.45, 7) is 0. The minimum absolute atomic E-state index is 0.743. The third-order valence-corrected chi connectivity index (χ3v) is 3.19. The summed E-state index contributed by atoms with van der Waals surface area (Å²) >= 11 is 0. The summed E-state index contributed by atoms with van der Waals surface area (Å²) in [5.41, 5.74) is 3.54. The summed E-state index contributed by atoms with van der Waals surface area (Å²) in [5.74, 6) is 1.50. The maximum atomic E-state index is 4.57.